The van der Waals surface area contributed by atoms with Gasteiger partial charge in [-0.15, -0.1) is 11.8 Å². The quantitative estimate of drug-likeness (QED) is 0.583. The predicted octanol–water partition coefficient (Wildman–Crippen LogP) is 6.08. The van der Waals surface area contributed by atoms with E-state index in [2.05, 4.69) is 26.0 Å². The minimum absolute atomic E-state index is 0.134. The van der Waals surface area contributed by atoms with E-state index in [0.29, 0.717) is 41.0 Å². The number of ketones is 2. The maximum Gasteiger partial charge on any atom is 0.155 e. The Kier molecular flexibility index (Phi) is 5.16. The van der Waals surface area contributed by atoms with E-state index in [1.807, 2.05) is 30.0 Å². The highest BCUT2D eigenvalue weighted by Crippen LogP contribution is 2.68. The molecule has 1 aromatic carbocycles. The number of carbonyl (C=O) groups is 2. The molecule has 3 nitrogen and oxygen atoms in total. The third-order valence-corrected chi connectivity index (χ3v) is 10.9. The zero-order valence-electron chi connectivity index (χ0n) is 19.0. The van der Waals surface area contributed by atoms with E-state index in [1.165, 1.54) is 23.3 Å². The average molecular weight is 438 g/mol. The van der Waals surface area contributed by atoms with Gasteiger partial charge in [0.2, 0.25) is 0 Å². The van der Waals surface area contributed by atoms with E-state index >= 15 is 0 Å². The number of nitrogens with two attached hydrogens (primary N) is 1. The molecule has 2 N–H and O–H groups in total. The van der Waals surface area contributed by atoms with Crippen molar-refractivity contribution in [2.24, 2.45) is 34.5 Å². The summed E-state index contributed by atoms with van der Waals surface area (Å²) in [6, 6.07) is 8.25. The van der Waals surface area contributed by atoms with Gasteiger partial charge in [-0.05, 0) is 104 Å². The summed E-state index contributed by atoms with van der Waals surface area (Å²) in [5.74, 6) is 2.72. The first-order valence-corrected chi connectivity index (χ1v) is 12.9. The van der Waals surface area contributed by atoms with Crippen LogP contribution in [0.3, 0.4) is 0 Å². The highest BCUT2D eigenvalue weighted by Gasteiger charge is 2.62. The number of hydrogen-bond acceptors (Lipinski definition) is 4. The number of anilines is 1. The van der Waals surface area contributed by atoms with Crippen molar-refractivity contribution in [3.8, 4) is 0 Å². The molecule has 0 heterocycles. The molecule has 0 amide bonds. The molecule has 1 aromatic rings. The fraction of sp³-hybridized carbons (Fsp3) is 0.630. The first-order chi connectivity index (χ1) is 14.7. The van der Waals surface area contributed by atoms with Gasteiger partial charge in [-0.2, -0.15) is 0 Å². The Hall–Kier alpha value is -1.55. The summed E-state index contributed by atoms with van der Waals surface area (Å²) in [6.45, 7) is 6.66. The van der Waals surface area contributed by atoms with Gasteiger partial charge in [-0.25, -0.2) is 0 Å². The van der Waals surface area contributed by atoms with Crippen LogP contribution < -0.4 is 5.73 Å². The fourth-order valence-electron chi connectivity index (χ4n) is 8.01. The highest BCUT2D eigenvalue weighted by molar-refractivity contribution is 8.00. The first kappa shape index (κ1) is 21.3. The minimum Gasteiger partial charge on any atom is -0.399 e. The second kappa shape index (κ2) is 7.50. The minimum atomic E-state index is 0.134. The van der Waals surface area contributed by atoms with Crippen molar-refractivity contribution in [3.05, 3.63) is 35.9 Å². The van der Waals surface area contributed by atoms with Crippen LogP contribution in [0.1, 0.15) is 65.7 Å². The SMILES string of the molecule is CC(=O)[C@H]1CC[C@H]2[C@@H]3[C@H](Sc4ccc(N)cc4)CC4=CC(=O)CC[C@]4(C)[C@H]3CC[C@]12C. The third-order valence-electron chi connectivity index (χ3n) is 9.62. The maximum absolute atomic E-state index is 12.5. The second-order valence-corrected chi connectivity index (χ2v) is 12.4. The topological polar surface area (TPSA) is 60.2 Å². The summed E-state index contributed by atoms with van der Waals surface area (Å²) in [5.41, 5.74) is 8.40. The number of nitrogen functional groups attached to an aromatic ring is 1. The summed E-state index contributed by atoms with van der Waals surface area (Å²) >= 11 is 1.98. The van der Waals surface area contributed by atoms with Crippen LogP contribution >= 0.6 is 11.8 Å². The van der Waals surface area contributed by atoms with Gasteiger partial charge in [0.15, 0.2) is 5.78 Å². The van der Waals surface area contributed by atoms with Crippen LogP contribution in [0.5, 0.6) is 0 Å². The van der Waals surface area contributed by atoms with Crippen LogP contribution in [0.4, 0.5) is 5.69 Å². The molecule has 0 radical (unpaired) electrons. The molecule has 0 unspecified atom stereocenters. The standard InChI is InChI=1S/C27H35NO2S/c1-16(29)21-8-9-22-25-23(11-13-27(21,22)3)26(2)12-10-19(30)14-17(26)15-24(25)31-20-6-4-18(28)5-7-20/h4-7,14,21-25H,8-13,15,28H2,1-3H3/t21-,22+,23+,24-,25+,26+,27-/m1/s1. The van der Waals surface area contributed by atoms with E-state index in [9.17, 15) is 9.59 Å². The Bertz CT molecular complexity index is 937. The van der Waals surface area contributed by atoms with Crippen molar-refractivity contribution in [1.29, 1.82) is 0 Å². The molecule has 3 saturated carbocycles. The molecule has 166 valence electrons. The third kappa shape index (κ3) is 3.32. The molecule has 4 aliphatic rings. The molecule has 31 heavy (non-hydrogen) atoms. The van der Waals surface area contributed by atoms with Crippen molar-refractivity contribution in [3.63, 3.8) is 0 Å². The Morgan fingerprint density at radius 1 is 1.06 bits per heavy atom. The van der Waals surface area contributed by atoms with Crippen molar-refractivity contribution < 1.29 is 9.59 Å². The number of carbonyl (C=O) groups excluding carboxylic acids is 2. The first-order valence-electron chi connectivity index (χ1n) is 12.0. The maximum atomic E-state index is 12.5. The van der Waals surface area contributed by atoms with Crippen LogP contribution in [-0.4, -0.2) is 16.8 Å². The molecular formula is C27H35NO2S. The lowest BCUT2D eigenvalue weighted by Gasteiger charge is -2.60. The number of fused-ring (bicyclic) bond motifs is 5. The van der Waals surface area contributed by atoms with E-state index in [-0.39, 0.29) is 16.7 Å². The van der Waals surface area contributed by atoms with Crippen LogP contribution in [0.2, 0.25) is 0 Å². The average Bonchev–Trinajstić information content (AvgIpc) is 3.08. The summed E-state index contributed by atoms with van der Waals surface area (Å²) in [6.07, 6.45) is 9.24. The van der Waals surface area contributed by atoms with Gasteiger partial charge in [0.1, 0.15) is 5.78 Å². The molecule has 0 saturated heterocycles. The van der Waals surface area contributed by atoms with E-state index in [4.69, 9.17) is 5.73 Å². The van der Waals surface area contributed by atoms with E-state index < -0.39 is 0 Å². The Balaban J connectivity index is 1.55. The van der Waals surface area contributed by atoms with Crippen LogP contribution in [0.25, 0.3) is 0 Å². The monoisotopic (exact) mass is 437 g/mol. The highest BCUT2D eigenvalue weighted by atomic mass is 32.2. The Morgan fingerprint density at radius 2 is 1.81 bits per heavy atom. The zero-order chi connectivity index (χ0) is 22.0. The molecule has 0 bridgehead atoms. The van der Waals surface area contributed by atoms with Crippen LogP contribution in [0.15, 0.2) is 40.8 Å². The van der Waals surface area contributed by atoms with Gasteiger partial charge < -0.3 is 5.73 Å². The number of allylic oxidation sites excluding steroid dienone is 1. The molecular weight excluding hydrogens is 402 g/mol. The van der Waals surface area contributed by atoms with Crippen LogP contribution in [-0.2, 0) is 9.59 Å². The lowest BCUT2D eigenvalue weighted by molar-refractivity contribution is -0.128. The lowest BCUT2D eigenvalue weighted by atomic mass is 9.46. The summed E-state index contributed by atoms with van der Waals surface area (Å²) in [5, 5.41) is 0.453. The molecule has 4 aliphatic carbocycles. The molecule has 0 aromatic heterocycles. The van der Waals surface area contributed by atoms with Crippen molar-refractivity contribution >= 4 is 29.0 Å². The smallest absolute Gasteiger partial charge is 0.155 e. The van der Waals surface area contributed by atoms with Gasteiger partial charge in [0, 0.05) is 28.2 Å². The predicted molar refractivity (Wildman–Crippen MR) is 127 cm³/mol. The van der Waals surface area contributed by atoms with Crippen molar-refractivity contribution in [2.45, 2.75) is 75.9 Å². The van der Waals surface area contributed by atoms with Gasteiger partial charge in [-0.3, -0.25) is 9.59 Å². The summed E-state index contributed by atoms with van der Waals surface area (Å²) in [4.78, 5) is 26.1. The van der Waals surface area contributed by atoms with Crippen LogP contribution in [0, 0.1) is 34.5 Å². The van der Waals surface area contributed by atoms with Gasteiger partial charge in [0.05, 0.1) is 0 Å². The number of thioether (sulfide) groups is 1. The molecule has 3 fully saturated rings. The van der Waals surface area contributed by atoms with Crippen molar-refractivity contribution in [2.75, 3.05) is 5.73 Å². The van der Waals surface area contributed by atoms with E-state index in [1.54, 1.807) is 6.92 Å². The van der Waals surface area contributed by atoms with E-state index in [0.717, 1.165) is 31.4 Å². The second-order valence-electron chi connectivity index (χ2n) is 11.1. The fourth-order valence-corrected chi connectivity index (χ4v) is 9.45. The molecule has 0 aliphatic heterocycles. The molecule has 0 spiro atoms. The van der Waals surface area contributed by atoms with Gasteiger partial charge in [-0.1, -0.05) is 19.4 Å². The van der Waals surface area contributed by atoms with Crippen molar-refractivity contribution in [1.82, 2.24) is 0 Å². The number of benzene rings is 1. The molecule has 7 atom stereocenters. The zero-order valence-corrected chi connectivity index (χ0v) is 19.8. The number of Topliss-reactive ketones (excluding diaryl/α,β-unsaturated/α-hetero) is 1. The summed E-state index contributed by atoms with van der Waals surface area (Å²) < 4.78 is 0. The van der Waals surface area contributed by atoms with Gasteiger partial charge in [0.25, 0.3) is 0 Å². The Labute approximate surface area is 190 Å². The summed E-state index contributed by atoms with van der Waals surface area (Å²) in [7, 11) is 0. The number of hydrogen-bond donors (Lipinski definition) is 1. The molecule has 5 rings (SSSR count). The Morgan fingerprint density at radius 3 is 2.52 bits per heavy atom. The lowest BCUT2D eigenvalue weighted by Crippen LogP contribution is -2.55. The molecule has 4 heteroatoms. The van der Waals surface area contributed by atoms with Gasteiger partial charge >= 0.3 is 0 Å². The number of rotatable bonds is 3. The normalized spacial score (nSPS) is 41.7. The largest absolute Gasteiger partial charge is 0.399 e.